The van der Waals surface area contributed by atoms with Crippen LogP contribution in [0.1, 0.15) is 21.5 Å². The third kappa shape index (κ3) is 2.02. The molecule has 0 saturated carbocycles. The molecule has 1 aromatic heterocycles. The molecule has 100 valence electrons. The molecule has 3 rings (SSSR count). The van der Waals surface area contributed by atoms with E-state index in [0.29, 0.717) is 16.8 Å². The molecule has 0 aliphatic heterocycles. The minimum absolute atomic E-state index is 0.0510. The molecule has 3 N–H and O–H groups in total. The van der Waals surface area contributed by atoms with Gasteiger partial charge in [0.25, 0.3) is 0 Å². The summed E-state index contributed by atoms with van der Waals surface area (Å²) in [6.07, 6.45) is 1.74. The van der Waals surface area contributed by atoms with Crippen molar-refractivity contribution in [2.45, 2.75) is 6.92 Å². The fourth-order valence-electron chi connectivity index (χ4n) is 2.42. The zero-order valence-electron chi connectivity index (χ0n) is 10.9. The van der Waals surface area contributed by atoms with Crippen molar-refractivity contribution in [1.82, 2.24) is 4.98 Å². The Morgan fingerprint density at radius 3 is 2.80 bits per heavy atom. The number of hydrogen-bond donors (Lipinski definition) is 2. The van der Waals surface area contributed by atoms with E-state index < -0.39 is 0 Å². The zero-order valence-corrected chi connectivity index (χ0v) is 12.5. The third-order valence-electron chi connectivity index (χ3n) is 3.42. The fourth-order valence-corrected chi connectivity index (χ4v) is 2.78. The molecule has 2 aromatic carbocycles. The van der Waals surface area contributed by atoms with Crippen LogP contribution in [0.2, 0.25) is 0 Å². The number of fused-ring (bicyclic) bond motifs is 1. The molecule has 0 bridgehead atoms. The Hall–Kier alpha value is -2.07. The lowest BCUT2D eigenvalue weighted by atomic mass is 9.97. The standard InChI is InChI=1S/C16H13BrN2O/c1-9-3-2-4-13(18)15(9)16(20)12-8-19-14-6-5-10(17)7-11(12)14/h2-8,19H,18H2,1H3. The van der Waals surface area contributed by atoms with Gasteiger partial charge in [0.1, 0.15) is 0 Å². The van der Waals surface area contributed by atoms with Crippen molar-refractivity contribution in [1.29, 1.82) is 0 Å². The topological polar surface area (TPSA) is 58.9 Å². The van der Waals surface area contributed by atoms with Crippen molar-refractivity contribution in [3.8, 4) is 0 Å². The van der Waals surface area contributed by atoms with Crippen molar-refractivity contribution >= 4 is 38.3 Å². The monoisotopic (exact) mass is 328 g/mol. The van der Waals surface area contributed by atoms with Crippen molar-refractivity contribution < 1.29 is 4.79 Å². The number of aryl methyl sites for hydroxylation is 1. The Bertz CT molecular complexity index is 800. The summed E-state index contributed by atoms with van der Waals surface area (Å²) in [5.74, 6) is -0.0510. The van der Waals surface area contributed by atoms with Crippen LogP contribution in [-0.4, -0.2) is 10.8 Å². The number of halogens is 1. The van der Waals surface area contributed by atoms with Gasteiger partial charge in [0.2, 0.25) is 0 Å². The number of carbonyl (C=O) groups excluding carboxylic acids is 1. The average Bonchev–Trinajstić information content (AvgIpc) is 2.81. The molecular formula is C16H13BrN2O. The van der Waals surface area contributed by atoms with Crippen LogP contribution in [-0.2, 0) is 0 Å². The lowest BCUT2D eigenvalue weighted by Crippen LogP contribution is -2.07. The SMILES string of the molecule is Cc1cccc(N)c1C(=O)c1c[nH]c2ccc(Br)cc12. The molecule has 0 aliphatic rings. The summed E-state index contributed by atoms with van der Waals surface area (Å²) >= 11 is 3.44. The number of H-pyrrole nitrogens is 1. The van der Waals surface area contributed by atoms with E-state index in [1.807, 2.05) is 37.3 Å². The van der Waals surface area contributed by atoms with Gasteiger partial charge in [-0.15, -0.1) is 0 Å². The largest absolute Gasteiger partial charge is 0.398 e. The average molecular weight is 329 g/mol. The van der Waals surface area contributed by atoms with Crippen molar-refractivity contribution in [2.75, 3.05) is 5.73 Å². The molecule has 0 amide bonds. The number of nitrogens with two attached hydrogens (primary N) is 1. The zero-order chi connectivity index (χ0) is 14.3. The van der Waals surface area contributed by atoms with Crippen LogP contribution >= 0.6 is 15.9 Å². The highest BCUT2D eigenvalue weighted by molar-refractivity contribution is 9.10. The van der Waals surface area contributed by atoms with Crippen LogP contribution in [0.15, 0.2) is 47.1 Å². The van der Waals surface area contributed by atoms with Crippen LogP contribution in [0, 0.1) is 6.92 Å². The number of hydrogen-bond acceptors (Lipinski definition) is 2. The van der Waals surface area contributed by atoms with Gasteiger partial charge in [0.05, 0.1) is 0 Å². The first kappa shape index (κ1) is 12.9. The maximum absolute atomic E-state index is 12.8. The van der Waals surface area contributed by atoms with Gasteiger partial charge >= 0.3 is 0 Å². The molecule has 0 spiro atoms. The molecule has 20 heavy (non-hydrogen) atoms. The van der Waals surface area contributed by atoms with Crippen LogP contribution in [0.3, 0.4) is 0 Å². The van der Waals surface area contributed by atoms with Crippen molar-refractivity contribution in [3.63, 3.8) is 0 Å². The summed E-state index contributed by atoms with van der Waals surface area (Å²) in [7, 11) is 0. The molecule has 0 radical (unpaired) electrons. The Morgan fingerprint density at radius 2 is 2.05 bits per heavy atom. The van der Waals surface area contributed by atoms with E-state index in [1.165, 1.54) is 0 Å². The van der Waals surface area contributed by atoms with Gasteiger partial charge in [0.15, 0.2) is 5.78 Å². The van der Waals surface area contributed by atoms with Gasteiger partial charge in [-0.3, -0.25) is 4.79 Å². The van der Waals surface area contributed by atoms with E-state index in [0.717, 1.165) is 20.9 Å². The highest BCUT2D eigenvalue weighted by Crippen LogP contribution is 2.27. The Kier molecular flexibility index (Phi) is 3.10. The summed E-state index contributed by atoms with van der Waals surface area (Å²) in [4.78, 5) is 15.9. The second-order valence-electron chi connectivity index (χ2n) is 4.76. The van der Waals surface area contributed by atoms with Crippen LogP contribution in [0.5, 0.6) is 0 Å². The summed E-state index contributed by atoms with van der Waals surface area (Å²) < 4.78 is 0.941. The highest BCUT2D eigenvalue weighted by atomic mass is 79.9. The van der Waals surface area contributed by atoms with Crippen LogP contribution in [0.4, 0.5) is 5.69 Å². The molecule has 3 aromatic rings. The summed E-state index contributed by atoms with van der Waals surface area (Å²) in [5, 5.41) is 0.895. The molecule has 0 unspecified atom stereocenters. The molecule has 3 nitrogen and oxygen atoms in total. The number of carbonyl (C=O) groups is 1. The minimum Gasteiger partial charge on any atom is -0.398 e. The number of rotatable bonds is 2. The first-order valence-corrected chi connectivity index (χ1v) is 7.03. The molecule has 0 aliphatic carbocycles. The van der Waals surface area contributed by atoms with Crippen LogP contribution in [0.25, 0.3) is 10.9 Å². The Balaban J connectivity index is 2.21. The predicted molar refractivity (Wildman–Crippen MR) is 85.0 cm³/mol. The van der Waals surface area contributed by atoms with E-state index in [9.17, 15) is 4.79 Å². The van der Waals surface area contributed by atoms with E-state index >= 15 is 0 Å². The number of benzene rings is 2. The summed E-state index contributed by atoms with van der Waals surface area (Å²) in [5.41, 5.74) is 9.52. The summed E-state index contributed by atoms with van der Waals surface area (Å²) in [6.45, 7) is 1.90. The normalized spacial score (nSPS) is 10.9. The number of aromatic nitrogens is 1. The molecular weight excluding hydrogens is 316 g/mol. The van der Waals surface area contributed by atoms with Gasteiger partial charge in [-0.1, -0.05) is 28.1 Å². The number of anilines is 1. The predicted octanol–water partition coefficient (Wildman–Crippen LogP) is 4.05. The Labute approximate surface area is 124 Å². The maximum Gasteiger partial charge on any atom is 0.197 e. The van der Waals surface area contributed by atoms with E-state index in [4.69, 9.17) is 5.73 Å². The molecule has 4 heteroatoms. The number of nitrogens with one attached hydrogen (secondary N) is 1. The second kappa shape index (κ2) is 4.80. The maximum atomic E-state index is 12.8. The first-order valence-electron chi connectivity index (χ1n) is 6.24. The molecule has 1 heterocycles. The van der Waals surface area contributed by atoms with E-state index in [2.05, 4.69) is 20.9 Å². The molecule has 0 atom stereocenters. The number of ketones is 1. The fraction of sp³-hybridized carbons (Fsp3) is 0.0625. The lowest BCUT2D eigenvalue weighted by Gasteiger charge is -2.07. The van der Waals surface area contributed by atoms with Gasteiger partial charge in [-0.05, 0) is 36.8 Å². The van der Waals surface area contributed by atoms with E-state index in [-0.39, 0.29) is 5.78 Å². The Morgan fingerprint density at radius 1 is 1.25 bits per heavy atom. The van der Waals surface area contributed by atoms with Gasteiger partial charge in [-0.25, -0.2) is 0 Å². The highest BCUT2D eigenvalue weighted by Gasteiger charge is 2.18. The second-order valence-corrected chi connectivity index (χ2v) is 5.68. The van der Waals surface area contributed by atoms with Crippen molar-refractivity contribution in [2.24, 2.45) is 0 Å². The smallest absolute Gasteiger partial charge is 0.197 e. The van der Waals surface area contributed by atoms with Gasteiger partial charge in [-0.2, -0.15) is 0 Å². The third-order valence-corrected chi connectivity index (χ3v) is 3.91. The first-order chi connectivity index (χ1) is 9.58. The quantitative estimate of drug-likeness (QED) is 0.550. The van der Waals surface area contributed by atoms with Crippen LogP contribution < -0.4 is 5.73 Å². The van der Waals surface area contributed by atoms with E-state index in [1.54, 1.807) is 12.3 Å². The van der Waals surface area contributed by atoms with Gasteiger partial charge < -0.3 is 10.7 Å². The lowest BCUT2D eigenvalue weighted by molar-refractivity contribution is 0.104. The number of aromatic amines is 1. The minimum atomic E-state index is -0.0510. The summed E-state index contributed by atoms with van der Waals surface area (Å²) in [6, 6.07) is 11.3. The van der Waals surface area contributed by atoms with Crippen molar-refractivity contribution in [3.05, 3.63) is 63.8 Å². The molecule has 0 saturated heterocycles. The number of nitrogen functional groups attached to an aromatic ring is 1. The van der Waals surface area contributed by atoms with Gasteiger partial charge in [0, 0.05) is 38.4 Å². The molecule has 0 fully saturated rings.